The van der Waals surface area contributed by atoms with Gasteiger partial charge in [0.15, 0.2) is 0 Å². The van der Waals surface area contributed by atoms with Crippen molar-refractivity contribution in [3.05, 3.63) is 29.3 Å². The van der Waals surface area contributed by atoms with E-state index >= 15 is 0 Å². The summed E-state index contributed by atoms with van der Waals surface area (Å²) in [5.74, 6) is -1.96. The van der Waals surface area contributed by atoms with Crippen LogP contribution in [0.25, 0.3) is 0 Å². The molecule has 0 unspecified atom stereocenters. The predicted octanol–water partition coefficient (Wildman–Crippen LogP) is 3.14. The van der Waals surface area contributed by atoms with Gasteiger partial charge in [-0.2, -0.15) is 26.3 Å². The normalized spacial score (nSPS) is 18.9. The number of nitrogens with zero attached hydrogens (tertiary/aromatic N) is 1. The van der Waals surface area contributed by atoms with E-state index in [1.165, 1.54) is 11.9 Å². The molecule has 10 heteroatoms. The fraction of sp³-hybridized carbons (Fsp3) is 0.429. The summed E-state index contributed by atoms with van der Waals surface area (Å²) in [6.45, 7) is 0.0513. The first-order chi connectivity index (χ1) is 10.9. The Morgan fingerprint density at radius 2 is 1.58 bits per heavy atom. The maximum absolute atomic E-state index is 12.7. The molecule has 1 aliphatic heterocycles. The molecule has 0 spiro atoms. The van der Waals surface area contributed by atoms with Crippen LogP contribution in [-0.2, 0) is 21.9 Å². The largest absolute Gasteiger partial charge is 0.416 e. The number of carbonyl (C=O) groups is 2. The topological polar surface area (TPSA) is 49.4 Å². The van der Waals surface area contributed by atoms with E-state index in [1.807, 2.05) is 5.32 Å². The third-order valence-electron chi connectivity index (χ3n) is 3.57. The second kappa shape index (κ2) is 5.99. The Labute approximate surface area is 132 Å². The third kappa shape index (κ3) is 3.98. The summed E-state index contributed by atoms with van der Waals surface area (Å²) in [5.41, 5.74) is -3.66. The molecule has 1 aromatic carbocycles. The Morgan fingerprint density at radius 1 is 1.08 bits per heavy atom. The van der Waals surface area contributed by atoms with Crippen molar-refractivity contribution < 1.29 is 35.9 Å². The van der Waals surface area contributed by atoms with Gasteiger partial charge in [0.05, 0.1) is 17.0 Å². The third-order valence-corrected chi connectivity index (χ3v) is 3.57. The van der Waals surface area contributed by atoms with Gasteiger partial charge < -0.3 is 10.2 Å². The molecule has 24 heavy (non-hydrogen) atoms. The number of likely N-dealkylation sites (tertiary alicyclic amines) is 1. The van der Waals surface area contributed by atoms with Crippen LogP contribution in [-0.4, -0.2) is 30.3 Å². The molecule has 1 aromatic rings. The molecule has 1 aliphatic rings. The van der Waals surface area contributed by atoms with E-state index in [-0.39, 0.29) is 24.9 Å². The molecule has 1 heterocycles. The molecule has 0 saturated carbocycles. The zero-order valence-corrected chi connectivity index (χ0v) is 12.3. The van der Waals surface area contributed by atoms with Crippen LogP contribution < -0.4 is 5.32 Å². The van der Waals surface area contributed by atoms with Crippen LogP contribution in [0.15, 0.2) is 18.2 Å². The summed E-state index contributed by atoms with van der Waals surface area (Å²) in [7, 11) is 1.45. The van der Waals surface area contributed by atoms with Crippen molar-refractivity contribution in [2.45, 2.75) is 18.8 Å². The van der Waals surface area contributed by atoms with Gasteiger partial charge in [-0.25, -0.2) is 0 Å². The number of amides is 2. The lowest BCUT2D eigenvalue weighted by molar-refractivity contribution is -0.143. The average molecular weight is 354 g/mol. The second-order valence-electron chi connectivity index (χ2n) is 5.46. The van der Waals surface area contributed by atoms with E-state index in [2.05, 4.69) is 0 Å². The van der Waals surface area contributed by atoms with E-state index in [1.54, 1.807) is 0 Å². The van der Waals surface area contributed by atoms with Gasteiger partial charge in [0.1, 0.15) is 0 Å². The Balaban J connectivity index is 2.29. The van der Waals surface area contributed by atoms with Crippen LogP contribution in [0.1, 0.15) is 17.5 Å². The number of hydrogen-bond donors (Lipinski definition) is 1. The highest BCUT2D eigenvalue weighted by Crippen LogP contribution is 2.37. The molecule has 1 saturated heterocycles. The first kappa shape index (κ1) is 18.1. The lowest BCUT2D eigenvalue weighted by Crippen LogP contribution is -2.26. The number of carbonyl (C=O) groups excluding carboxylic acids is 2. The molecule has 0 aliphatic carbocycles. The van der Waals surface area contributed by atoms with E-state index in [0.717, 1.165) is 0 Å². The van der Waals surface area contributed by atoms with Crippen molar-refractivity contribution in [1.29, 1.82) is 0 Å². The lowest BCUT2D eigenvalue weighted by atomic mass is 10.1. The minimum absolute atomic E-state index is 0.0253. The Kier molecular flexibility index (Phi) is 4.51. The van der Waals surface area contributed by atoms with Crippen LogP contribution in [0.2, 0.25) is 0 Å². The number of alkyl halides is 6. The van der Waals surface area contributed by atoms with Crippen molar-refractivity contribution >= 4 is 17.5 Å². The van der Waals surface area contributed by atoms with Gasteiger partial charge in [0, 0.05) is 25.7 Å². The molecule has 2 amide bonds. The van der Waals surface area contributed by atoms with E-state index < -0.39 is 41.0 Å². The Bertz CT molecular complexity index is 636. The summed E-state index contributed by atoms with van der Waals surface area (Å²) in [6, 6.07) is 0.823. The molecule has 0 bridgehead atoms. The first-order valence-corrected chi connectivity index (χ1v) is 6.72. The van der Waals surface area contributed by atoms with Gasteiger partial charge in [-0.05, 0) is 18.2 Å². The fourth-order valence-corrected chi connectivity index (χ4v) is 2.31. The lowest BCUT2D eigenvalue weighted by Gasteiger charge is -2.16. The standard InChI is InChI=1S/C14H12F6N2O2/c1-22-6-7(2-11(22)23)12(24)21-10-4-8(13(15,16)17)3-9(5-10)14(18,19)20/h3-5,7H,2,6H2,1H3,(H,21,24)/t7-/m0/s1. The van der Waals surface area contributed by atoms with Gasteiger partial charge in [0.2, 0.25) is 11.8 Å². The SMILES string of the molecule is CN1C[C@@H](C(=O)Nc2cc(C(F)(F)F)cc(C(F)(F)F)c2)CC1=O. The number of benzene rings is 1. The van der Waals surface area contributed by atoms with E-state index in [4.69, 9.17) is 0 Å². The Hall–Kier alpha value is -2.26. The minimum atomic E-state index is -5.00. The number of rotatable bonds is 2. The molecule has 4 nitrogen and oxygen atoms in total. The van der Waals surface area contributed by atoms with Gasteiger partial charge in [0.25, 0.3) is 0 Å². The van der Waals surface area contributed by atoms with Gasteiger partial charge in [-0.3, -0.25) is 9.59 Å². The molecule has 0 radical (unpaired) electrons. The monoisotopic (exact) mass is 354 g/mol. The molecular formula is C14H12F6N2O2. The first-order valence-electron chi connectivity index (χ1n) is 6.72. The van der Waals surface area contributed by atoms with Crippen LogP contribution in [0.3, 0.4) is 0 Å². The predicted molar refractivity (Wildman–Crippen MR) is 70.8 cm³/mol. The molecule has 1 fully saturated rings. The maximum atomic E-state index is 12.7. The van der Waals surface area contributed by atoms with Crippen molar-refractivity contribution in [3.8, 4) is 0 Å². The van der Waals surface area contributed by atoms with Crippen molar-refractivity contribution in [2.24, 2.45) is 5.92 Å². The van der Waals surface area contributed by atoms with Crippen molar-refractivity contribution in [2.75, 3.05) is 18.9 Å². The van der Waals surface area contributed by atoms with Gasteiger partial charge in [-0.15, -0.1) is 0 Å². The quantitative estimate of drug-likeness (QED) is 0.830. The van der Waals surface area contributed by atoms with Crippen molar-refractivity contribution in [3.63, 3.8) is 0 Å². The highest BCUT2D eigenvalue weighted by Gasteiger charge is 2.38. The average Bonchev–Trinajstić information content (AvgIpc) is 2.76. The van der Waals surface area contributed by atoms with E-state index in [0.29, 0.717) is 12.1 Å². The number of anilines is 1. The van der Waals surface area contributed by atoms with Crippen LogP contribution in [0.4, 0.5) is 32.0 Å². The molecule has 0 aromatic heterocycles. The molecular weight excluding hydrogens is 342 g/mol. The van der Waals surface area contributed by atoms with Crippen LogP contribution >= 0.6 is 0 Å². The zero-order chi connectivity index (χ0) is 18.3. The molecule has 132 valence electrons. The minimum Gasteiger partial charge on any atom is -0.345 e. The zero-order valence-electron chi connectivity index (χ0n) is 12.3. The summed E-state index contributed by atoms with van der Waals surface area (Å²) in [6.07, 6.45) is -10.1. The number of nitrogens with one attached hydrogen (secondary N) is 1. The second-order valence-corrected chi connectivity index (χ2v) is 5.46. The van der Waals surface area contributed by atoms with Gasteiger partial charge in [-0.1, -0.05) is 0 Å². The van der Waals surface area contributed by atoms with Crippen LogP contribution in [0.5, 0.6) is 0 Å². The Morgan fingerprint density at radius 3 is 1.96 bits per heavy atom. The molecule has 1 atom stereocenters. The molecule has 2 rings (SSSR count). The molecule has 1 N–H and O–H groups in total. The maximum Gasteiger partial charge on any atom is 0.416 e. The highest BCUT2D eigenvalue weighted by atomic mass is 19.4. The van der Waals surface area contributed by atoms with Crippen LogP contribution in [0, 0.1) is 5.92 Å². The summed E-state index contributed by atoms with van der Waals surface area (Å²) in [4.78, 5) is 24.6. The number of hydrogen-bond acceptors (Lipinski definition) is 2. The summed E-state index contributed by atoms with van der Waals surface area (Å²) < 4.78 is 76.5. The van der Waals surface area contributed by atoms with Gasteiger partial charge >= 0.3 is 12.4 Å². The van der Waals surface area contributed by atoms with Crippen molar-refractivity contribution in [1.82, 2.24) is 4.90 Å². The summed E-state index contributed by atoms with van der Waals surface area (Å²) in [5, 5.41) is 2.03. The number of halogens is 6. The smallest absolute Gasteiger partial charge is 0.345 e. The highest BCUT2D eigenvalue weighted by molar-refractivity contribution is 5.97. The summed E-state index contributed by atoms with van der Waals surface area (Å²) >= 11 is 0. The van der Waals surface area contributed by atoms with E-state index in [9.17, 15) is 35.9 Å². The fourth-order valence-electron chi connectivity index (χ4n) is 2.31.